The van der Waals surface area contributed by atoms with Gasteiger partial charge < -0.3 is 14.3 Å². The van der Waals surface area contributed by atoms with Crippen molar-refractivity contribution in [2.75, 3.05) is 6.54 Å². The van der Waals surface area contributed by atoms with Crippen molar-refractivity contribution in [2.24, 2.45) is 0 Å². The second-order valence-corrected chi connectivity index (χ2v) is 6.57. The van der Waals surface area contributed by atoms with Crippen LogP contribution in [-0.4, -0.2) is 31.4 Å². The summed E-state index contributed by atoms with van der Waals surface area (Å²) >= 11 is 0. The van der Waals surface area contributed by atoms with Gasteiger partial charge in [0.1, 0.15) is 11.5 Å². The standard InChI is InChI=1S/C21H23N5O/c1-2-19-24-17-7-3-4-8-18(17)26(19)14-11-21(27)22-12-10-16-15-25-13-6-5-9-20(25)23-16/h3-9,13,15H,2,10-12,14H2,1H3,(H,22,27). The molecule has 4 rings (SSSR count). The van der Waals surface area contributed by atoms with Gasteiger partial charge in [0, 0.05) is 44.7 Å². The molecule has 6 nitrogen and oxygen atoms in total. The maximum atomic E-state index is 12.3. The van der Waals surface area contributed by atoms with Crippen molar-refractivity contribution in [1.82, 2.24) is 24.3 Å². The molecule has 1 N–H and O–H groups in total. The molecule has 0 bridgehead atoms. The Morgan fingerprint density at radius 2 is 1.96 bits per heavy atom. The van der Waals surface area contributed by atoms with Crippen LogP contribution in [-0.2, 0) is 24.2 Å². The lowest BCUT2D eigenvalue weighted by Crippen LogP contribution is -2.26. The average Bonchev–Trinajstić information content (AvgIpc) is 3.26. The van der Waals surface area contributed by atoms with Crippen LogP contribution in [0.3, 0.4) is 0 Å². The van der Waals surface area contributed by atoms with Crippen molar-refractivity contribution in [1.29, 1.82) is 0 Å². The van der Waals surface area contributed by atoms with Gasteiger partial charge in [-0.3, -0.25) is 4.79 Å². The summed E-state index contributed by atoms with van der Waals surface area (Å²) in [6, 6.07) is 14.0. The molecule has 0 aliphatic carbocycles. The Labute approximate surface area is 157 Å². The van der Waals surface area contributed by atoms with Crippen LogP contribution < -0.4 is 5.32 Å². The third-order valence-corrected chi connectivity index (χ3v) is 4.73. The van der Waals surface area contributed by atoms with Crippen molar-refractivity contribution in [2.45, 2.75) is 32.7 Å². The van der Waals surface area contributed by atoms with Crippen LogP contribution in [0.25, 0.3) is 16.7 Å². The van der Waals surface area contributed by atoms with E-state index >= 15 is 0 Å². The van der Waals surface area contributed by atoms with Gasteiger partial charge in [-0.15, -0.1) is 0 Å². The number of amides is 1. The molecule has 0 atom stereocenters. The van der Waals surface area contributed by atoms with Crippen molar-refractivity contribution < 1.29 is 4.79 Å². The van der Waals surface area contributed by atoms with E-state index in [9.17, 15) is 4.79 Å². The Morgan fingerprint density at radius 1 is 1.11 bits per heavy atom. The van der Waals surface area contributed by atoms with E-state index in [-0.39, 0.29) is 5.91 Å². The summed E-state index contributed by atoms with van der Waals surface area (Å²) in [7, 11) is 0. The minimum atomic E-state index is 0.0543. The van der Waals surface area contributed by atoms with Gasteiger partial charge >= 0.3 is 0 Å². The SMILES string of the molecule is CCc1nc2ccccc2n1CCC(=O)NCCc1cn2ccccc2n1. The third kappa shape index (κ3) is 3.69. The van der Waals surface area contributed by atoms with Gasteiger partial charge in [0.05, 0.1) is 16.7 Å². The van der Waals surface area contributed by atoms with E-state index in [2.05, 4.69) is 32.8 Å². The minimum Gasteiger partial charge on any atom is -0.356 e. The summed E-state index contributed by atoms with van der Waals surface area (Å²) in [5, 5.41) is 3.00. The van der Waals surface area contributed by atoms with Crippen LogP contribution in [0, 0.1) is 0 Å². The number of para-hydroxylation sites is 2. The molecule has 3 heterocycles. The fraction of sp³-hybridized carbons (Fsp3) is 0.286. The number of pyridine rings is 1. The van der Waals surface area contributed by atoms with Crippen molar-refractivity contribution in [3.8, 4) is 0 Å². The molecule has 1 amide bonds. The molecule has 0 spiro atoms. The Hall–Kier alpha value is -3.15. The molecule has 0 unspecified atom stereocenters. The smallest absolute Gasteiger partial charge is 0.221 e. The first-order chi connectivity index (χ1) is 13.2. The monoisotopic (exact) mass is 361 g/mol. The van der Waals surface area contributed by atoms with Gasteiger partial charge in [-0.2, -0.15) is 0 Å². The summed E-state index contributed by atoms with van der Waals surface area (Å²) in [5.74, 6) is 1.08. The molecule has 27 heavy (non-hydrogen) atoms. The summed E-state index contributed by atoms with van der Waals surface area (Å²) in [4.78, 5) is 21.5. The maximum Gasteiger partial charge on any atom is 0.221 e. The highest BCUT2D eigenvalue weighted by Crippen LogP contribution is 2.16. The van der Waals surface area contributed by atoms with E-state index in [0.717, 1.165) is 41.0 Å². The van der Waals surface area contributed by atoms with E-state index in [4.69, 9.17) is 0 Å². The second kappa shape index (κ2) is 7.61. The number of benzene rings is 1. The van der Waals surface area contributed by atoms with Gasteiger partial charge in [0.2, 0.25) is 5.91 Å². The highest BCUT2D eigenvalue weighted by atomic mass is 16.1. The molecular formula is C21H23N5O. The van der Waals surface area contributed by atoms with Crippen LogP contribution >= 0.6 is 0 Å². The molecule has 0 fully saturated rings. The van der Waals surface area contributed by atoms with Crippen LogP contribution in [0.1, 0.15) is 24.9 Å². The Balaban J connectivity index is 1.32. The molecular weight excluding hydrogens is 338 g/mol. The molecule has 0 aliphatic rings. The number of hydrogen-bond acceptors (Lipinski definition) is 3. The van der Waals surface area contributed by atoms with E-state index in [1.54, 1.807) is 0 Å². The van der Waals surface area contributed by atoms with Gasteiger partial charge in [-0.1, -0.05) is 25.1 Å². The predicted molar refractivity (Wildman–Crippen MR) is 106 cm³/mol. The number of aryl methyl sites for hydroxylation is 2. The highest BCUT2D eigenvalue weighted by Gasteiger charge is 2.10. The topological polar surface area (TPSA) is 64.2 Å². The zero-order valence-electron chi connectivity index (χ0n) is 15.4. The number of carbonyl (C=O) groups is 1. The van der Waals surface area contributed by atoms with Gasteiger partial charge in [0.25, 0.3) is 0 Å². The number of rotatable bonds is 7. The molecule has 138 valence electrons. The lowest BCUT2D eigenvalue weighted by molar-refractivity contribution is -0.121. The fourth-order valence-corrected chi connectivity index (χ4v) is 3.38. The van der Waals surface area contributed by atoms with Crippen LogP contribution in [0.5, 0.6) is 0 Å². The third-order valence-electron chi connectivity index (χ3n) is 4.73. The van der Waals surface area contributed by atoms with E-state index in [1.165, 1.54) is 0 Å². The van der Waals surface area contributed by atoms with Crippen molar-refractivity contribution in [3.05, 3.63) is 66.4 Å². The quantitative estimate of drug-likeness (QED) is 0.550. The van der Waals surface area contributed by atoms with Crippen LogP contribution in [0.4, 0.5) is 0 Å². The first-order valence-corrected chi connectivity index (χ1v) is 9.38. The summed E-state index contributed by atoms with van der Waals surface area (Å²) in [5.41, 5.74) is 3.99. The zero-order chi connectivity index (χ0) is 18.6. The molecule has 1 aromatic carbocycles. The second-order valence-electron chi connectivity index (χ2n) is 6.57. The average molecular weight is 361 g/mol. The van der Waals surface area contributed by atoms with E-state index < -0.39 is 0 Å². The molecule has 0 radical (unpaired) electrons. The molecule has 4 aromatic rings. The van der Waals surface area contributed by atoms with E-state index in [0.29, 0.717) is 19.5 Å². The van der Waals surface area contributed by atoms with Crippen molar-refractivity contribution >= 4 is 22.6 Å². The fourth-order valence-electron chi connectivity index (χ4n) is 3.38. The Kier molecular flexibility index (Phi) is 4.87. The largest absolute Gasteiger partial charge is 0.356 e. The number of aromatic nitrogens is 4. The molecule has 0 aliphatic heterocycles. The molecule has 3 aromatic heterocycles. The van der Waals surface area contributed by atoms with Gasteiger partial charge in [-0.05, 0) is 24.3 Å². The van der Waals surface area contributed by atoms with Gasteiger partial charge in [0.15, 0.2) is 0 Å². The Bertz CT molecular complexity index is 1050. The number of carbonyl (C=O) groups excluding carboxylic acids is 1. The number of nitrogens with zero attached hydrogens (tertiary/aromatic N) is 4. The summed E-state index contributed by atoms with van der Waals surface area (Å²) in [6.45, 7) is 3.32. The number of hydrogen-bond donors (Lipinski definition) is 1. The minimum absolute atomic E-state index is 0.0543. The number of nitrogens with one attached hydrogen (secondary N) is 1. The first kappa shape index (κ1) is 17.3. The molecule has 6 heteroatoms. The normalized spacial score (nSPS) is 11.3. The molecule has 0 saturated carbocycles. The molecule has 0 saturated heterocycles. The number of fused-ring (bicyclic) bond motifs is 2. The lowest BCUT2D eigenvalue weighted by Gasteiger charge is -2.08. The van der Waals surface area contributed by atoms with Crippen LogP contribution in [0.2, 0.25) is 0 Å². The first-order valence-electron chi connectivity index (χ1n) is 9.38. The van der Waals surface area contributed by atoms with E-state index in [1.807, 2.05) is 53.2 Å². The lowest BCUT2D eigenvalue weighted by atomic mass is 10.3. The number of imidazole rings is 2. The summed E-state index contributed by atoms with van der Waals surface area (Å²) in [6.07, 6.45) is 6.00. The predicted octanol–water partition coefficient (Wildman–Crippen LogP) is 3.00. The maximum absolute atomic E-state index is 12.3. The van der Waals surface area contributed by atoms with Crippen molar-refractivity contribution in [3.63, 3.8) is 0 Å². The Morgan fingerprint density at radius 3 is 2.81 bits per heavy atom. The summed E-state index contributed by atoms with van der Waals surface area (Å²) < 4.78 is 4.14. The zero-order valence-corrected chi connectivity index (χ0v) is 15.4. The highest BCUT2D eigenvalue weighted by molar-refractivity contribution is 5.78. The van der Waals surface area contributed by atoms with Gasteiger partial charge in [-0.25, -0.2) is 9.97 Å². The van der Waals surface area contributed by atoms with Crippen LogP contribution in [0.15, 0.2) is 54.9 Å².